The number of benzene rings is 3. The Bertz CT molecular complexity index is 844. The van der Waals surface area contributed by atoms with Gasteiger partial charge in [-0.15, -0.1) is 12.4 Å². The molecule has 28 heavy (non-hydrogen) atoms. The maximum absolute atomic E-state index is 6.04. The Morgan fingerprint density at radius 3 is 2.04 bits per heavy atom. The molecule has 0 heterocycles. The van der Waals surface area contributed by atoms with E-state index >= 15 is 0 Å². The van der Waals surface area contributed by atoms with Crippen molar-refractivity contribution in [1.82, 2.24) is 5.32 Å². The van der Waals surface area contributed by atoms with Gasteiger partial charge in [-0.1, -0.05) is 60.7 Å². The summed E-state index contributed by atoms with van der Waals surface area (Å²) >= 11 is 3.65. The quantitative estimate of drug-likeness (QED) is 0.414. The zero-order valence-corrected chi connectivity index (χ0v) is 18.3. The minimum absolute atomic E-state index is 0. The van der Waals surface area contributed by atoms with Crippen LogP contribution >= 0.6 is 28.3 Å². The topological polar surface area (TPSA) is 30.5 Å². The number of ether oxygens (including phenoxy) is 2. The smallest absolute Gasteiger partial charge is 0.175 e. The lowest BCUT2D eigenvalue weighted by Crippen LogP contribution is -2.13. The minimum Gasteiger partial charge on any atom is -0.490 e. The fraction of sp³-hybridized carbons (Fsp3) is 0.217. The normalized spacial score (nSPS) is 10.2. The minimum atomic E-state index is 0. The molecule has 0 amide bonds. The molecule has 1 N–H and O–H groups in total. The molecular weight excluding hydrogens is 438 g/mol. The van der Waals surface area contributed by atoms with Crippen molar-refractivity contribution in [3.8, 4) is 11.5 Å². The molecule has 0 radical (unpaired) electrons. The second-order valence-corrected chi connectivity index (χ2v) is 7.06. The lowest BCUT2D eigenvalue weighted by atomic mass is 10.2. The highest BCUT2D eigenvalue weighted by Crippen LogP contribution is 2.37. The van der Waals surface area contributed by atoms with Crippen LogP contribution in [0.5, 0.6) is 11.5 Å². The van der Waals surface area contributed by atoms with Crippen molar-refractivity contribution in [3.63, 3.8) is 0 Å². The number of halogens is 2. The first-order valence-electron chi connectivity index (χ1n) is 9.13. The molecule has 5 heteroatoms. The lowest BCUT2D eigenvalue weighted by molar-refractivity contribution is 0.267. The van der Waals surface area contributed by atoms with Crippen LogP contribution in [0.25, 0.3) is 0 Å². The van der Waals surface area contributed by atoms with E-state index < -0.39 is 0 Å². The number of rotatable bonds is 9. The van der Waals surface area contributed by atoms with E-state index in [-0.39, 0.29) is 12.4 Å². The highest BCUT2D eigenvalue weighted by molar-refractivity contribution is 9.10. The zero-order chi connectivity index (χ0) is 18.9. The van der Waals surface area contributed by atoms with Gasteiger partial charge in [0.2, 0.25) is 0 Å². The summed E-state index contributed by atoms with van der Waals surface area (Å²) in [4.78, 5) is 0. The fourth-order valence-corrected chi connectivity index (χ4v) is 3.41. The summed E-state index contributed by atoms with van der Waals surface area (Å²) in [6.45, 7) is 4.66. The Hall–Kier alpha value is -2.01. The average molecular weight is 463 g/mol. The molecule has 0 saturated carbocycles. The maximum Gasteiger partial charge on any atom is 0.175 e. The molecule has 0 saturated heterocycles. The lowest BCUT2D eigenvalue weighted by Gasteiger charge is -2.16. The fourth-order valence-electron chi connectivity index (χ4n) is 2.80. The molecule has 3 aromatic rings. The first kappa shape index (κ1) is 22.3. The third-order valence-corrected chi connectivity index (χ3v) is 4.69. The SMILES string of the molecule is CCOc1cc(CNCc2ccccc2)cc(Br)c1OCc1ccccc1.Cl. The van der Waals surface area contributed by atoms with Gasteiger partial charge in [0.25, 0.3) is 0 Å². The van der Waals surface area contributed by atoms with E-state index in [4.69, 9.17) is 9.47 Å². The van der Waals surface area contributed by atoms with Crippen molar-refractivity contribution in [1.29, 1.82) is 0 Å². The molecule has 0 aromatic heterocycles. The Kier molecular flexibility index (Phi) is 9.35. The van der Waals surface area contributed by atoms with E-state index in [1.54, 1.807) is 0 Å². The van der Waals surface area contributed by atoms with E-state index in [9.17, 15) is 0 Å². The van der Waals surface area contributed by atoms with Crippen molar-refractivity contribution in [3.05, 3.63) is 94.0 Å². The number of hydrogen-bond donors (Lipinski definition) is 1. The van der Waals surface area contributed by atoms with Crippen LogP contribution in [0.15, 0.2) is 77.3 Å². The van der Waals surface area contributed by atoms with Crippen LogP contribution in [0.1, 0.15) is 23.6 Å². The van der Waals surface area contributed by atoms with E-state index in [2.05, 4.69) is 63.7 Å². The summed E-state index contributed by atoms with van der Waals surface area (Å²) in [5.41, 5.74) is 3.54. The van der Waals surface area contributed by atoms with Gasteiger partial charge in [0.05, 0.1) is 11.1 Å². The van der Waals surface area contributed by atoms with Gasteiger partial charge in [0.1, 0.15) is 6.61 Å². The summed E-state index contributed by atoms with van der Waals surface area (Å²) < 4.78 is 12.8. The van der Waals surface area contributed by atoms with Gasteiger partial charge in [-0.25, -0.2) is 0 Å². The molecule has 0 aliphatic heterocycles. The number of nitrogens with one attached hydrogen (secondary N) is 1. The van der Waals surface area contributed by atoms with Crippen molar-refractivity contribution in [2.24, 2.45) is 0 Å². The van der Waals surface area contributed by atoms with E-state index in [1.165, 1.54) is 5.56 Å². The standard InChI is InChI=1S/C23H24BrNO2.ClH/c1-2-26-22-14-20(16-25-15-18-9-5-3-6-10-18)13-21(24)23(22)27-17-19-11-7-4-8-12-19;/h3-14,25H,2,15-17H2,1H3;1H. The van der Waals surface area contributed by atoms with Crippen LogP contribution in [0.3, 0.4) is 0 Å². The van der Waals surface area contributed by atoms with Gasteiger partial charge in [0, 0.05) is 13.1 Å². The molecule has 148 valence electrons. The summed E-state index contributed by atoms with van der Waals surface area (Å²) in [5.74, 6) is 1.51. The average Bonchev–Trinajstić information content (AvgIpc) is 2.69. The highest BCUT2D eigenvalue weighted by Gasteiger charge is 2.12. The Balaban J connectivity index is 0.00000280. The van der Waals surface area contributed by atoms with E-state index in [1.807, 2.05) is 37.3 Å². The summed E-state index contributed by atoms with van der Waals surface area (Å²) in [5, 5.41) is 3.47. The van der Waals surface area contributed by atoms with Crippen LogP contribution in [0, 0.1) is 0 Å². The monoisotopic (exact) mass is 461 g/mol. The van der Waals surface area contributed by atoms with Crippen molar-refractivity contribution >= 4 is 28.3 Å². The third-order valence-electron chi connectivity index (χ3n) is 4.10. The molecule has 0 bridgehead atoms. The molecule has 0 atom stereocenters. The molecule has 0 unspecified atom stereocenters. The van der Waals surface area contributed by atoms with Gasteiger partial charge in [-0.3, -0.25) is 0 Å². The highest BCUT2D eigenvalue weighted by atomic mass is 79.9. The molecule has 0 aliphatic carbocycles. The van der Waals surface area contributed by atoms with Gasteiger partial charge >= 0.3 is 0 Å². The van der Waals surface area contributed by atoms with Gasteiger partial charge < -0.3 is 14.8 Å². The first-order valence-corrected chi connectivity index (χ1v) is 9.92. The summed E-state index contributed by atoms with van der Waals surface area (Å²) in [7, 11) is 0. The van der Waals surface area contributed by atoms with Gasteiger partial charge in [0.15, 0.2) is 11.5 Å². The molecular formula is C23H25BrClNO2. The van der Waals surface area contributed by atoms with Crippen LogP contribution in [0.2, 0.25) is 0 Å². The van der Waals surface area contributed by atoms with Crippen LogP contribution in [-0.2, 0) is 19.7 Å². The molecule has 3 aromatic carbocycles. The van der Waals surface area contributed by atoms with Crippen LogP contribution in [0.4, 0.5) is 0 Å². The molecule has 3 rings (SSSR count). The van der Waals surface area contributed by atoms with Gasteiger partial charge in [-0.2, -0.15) is 0 Å². The maximum atomic E-state index is 6.04. The first-order chi connectivity index (χ1) is 13.3. The van der Waals surface area contributed by atoms with E-state index in [0.717, 1.165) is 40.2 Å². The second-order valence-electron chi connectivity index (χ2n) is 6.20. The largest absolute Gasteiger partial charge is 0.490 e. The predicted octanol–water partition coefficient (Wildman–Crippen LogP) is 6.14. The summed E-state index contributed by atoms with van der Waals surface area (Å²) in [6.07, 6.45) is 0. The molecule has 0 spiro atoms. The summed E-state index contributed by atoms with van der Waals surface area (Å²) in [6, 6.07) is 24.6. The van der Waals surface area contributed by atoms with Gasteiger partial charge in [-0.05, 0) is 51.7 Å². The Labute approximate surface area is 181 Å². The number of hydrogen-bond acceptors (Lipinski definition) is 3. The molecule has 3 nitrogen and oxygen atoms in total. The Morgan fingerprint density at radius 1 is 0.786 bits per heavy atom. The second kappa shape index (κ2) is 11.7. The van der Waals surface area contributed by atoms with Crippen molar-refractivity contribution in [2.75, 3.05) is 6.61 Å². The zero-order valence-electron chi connectivity index (χ0n) is 15.9. The Morgan fingerprint density at radius 2 is 1.39 bits per heavy atom. The third kappa shape index (κ3) is 6.55. The molecule has 0 aliphatic rings. The molecule has 0 fully saturated rings. The van der Waals surface area contributed by atoms with Crippen LogP contribution < -0.4 is 14.8 Å². The van der Waals surface area contributed by atoms with Crippen molar-refractivity contribution < 1.29 is 9.47 Å². The predicted molar refractivity (Wildman–Crippen MR) is 120 cm³/mol. The van der Waals surface area contributed by atoms with Crippen LogP contribution in [-0.4, -0.2) is 6.61 Å². The van der Waals surface area contributed by atoms with Crippen molar-refractivity contribution in [2.45, 2.75) is 26.6 Å². The van der Waals surface area contributed by atoms with E-state index in [0.29, 0.717) is 13.2 Å².